The van der Waals surface area contributed by atoms with Gasteiger partial charge in [0.25, 0.3) is 0 Å². The minimum atomic E-state index is 0.698. The number of piperidine rings is 1. The second-order valence-corrected chi connectivity index (χ2v) is 4.30. The van der Waals surface area contributed by atoms with Crippen LogP contribution in [0.5, 0.6) is 0 Å². The molecule has 1 aliphatic rings. The van der Waals surface area contributed by atoms with Crippen LogP contribution >= 0.6 is 15.9 Å². The number of hydrogen-bond donors (Lipinski definition) is 1. The zero-order chi connectivity index (χ0) is 6.85. The van der Waals surface area contributed by atoms with Crippen molar-refractivity contribution in [1.29, 1.82) is 0 Å². The topological polar surface area (TPSA) is 12.0 Å². The molecule has 1 rings (SSSR count). The smallest absolute Gasteiger partial charge is 0.0273 e. The highest BCUT2D eigenvalue weighted by Crippen LogP contribution is 2.20. The molecule has 0 radical (unpaired) electrons. The third-order valence-corrected chi connectivity index (χ3v) is 2.84. The van der Waals surface area contributed by atoms with Gasteiger partial charge in [-0.05, 0) is 19.3 Å². The Labute approximate surface area is 65.3 Å². The van der Waals surface area contributed by atoms with Crippen LogP contribution in [0.4, 0.5) is 0 Å². The number of nitrogens with one attached hydrogen (secondary N) is 1. The van der Waals surface area contributed by atoms with E-state index in [0.29, 0.717) is 10.9 Å². The molecule has 0 aliphatic carbocycles. The van der Waals surface area contributed by atoms with Gasteiger partial charge in [-0.25, -0.2) is 0 Å². The molecule has 1 heterocycles. The summed E-state index contributed by atoms with van der Waals surface area (Å²) in [5.74, 6) is 0.822. The summed E-state index contributed by atoms with van der Waals surface area (Å²) >= 11 is 3.59. The molecule has 1 N–H and O–H groups in total. The van der Waals surface area contributed by atoms with Crippen molar-refractivity contribution >= 4 is 15.9 Å². The number of hydrogen-bond acceptors (Lipinski definition) is 1. The summed E-state index contributed by atoms with van der Waals surface area (Å²) in [7, 11) is 0. The highest BCUT2D eigenvalue weighted by Gasteiger charge is 2.21. The summed E-state index contributed by atoms with van der Waals surface area (Å²) in [6.45, 7) is 5.68. The van der Waals surface area contributed by atoms with Gasteiger partial charge in [-0.2, -0.15) is 0 Å². The van der Waals surface area contributed by atoms with Crippen molar-refractivity contribution in [2.45, 2.75) is 31.1 Å². The van der Waals surface area contributed by atoms with Gasteiger partial charge < -0.3 is 5.32 Å². The summed E-state index contributed by atoms with van der Waals surface area (Å²) in [6, 6.07) is 0.707. The van der Waals surface area contributed by atoms with Crippen LogP contribution in [0.2, 0.25) is 0 Å². The third kappa shape index (κ3) is 1.94. The third-order valence-electron chi connectivity index (χ3n) is 2.14. The lowest BCUT2D eigenvalue weighted by Gasteiger charge is -2.30. The second kappa shape index (κ2) is 3.02. The van der Waals surface area contributed by atoms with E-state index < -0.39 is 0 Å². The van der Waals surface area contributed by atoms with E-state index in [2.05, 4.69) is 35.1 Å². The van der Waals surface area contributed by atoms with Crippen molar-refractivity contribution in [2.75, 3.05) is 6.54 Å². The van der Waals surface area contributed by atoms with Crippen molar-refractivity contribution in [1.82, 2.24) is 5.32 Å². The van der Waals surface area contributed by atoms with E-state index in [0.717, 1.165) is 12.5 Å². The molecule has 0 saturated carbocycles. The molecule has 54 valence electrons. The van der Waals surface area contributed by atoms with Crippen LogP contribution in [-0.4, -0.2) is 17.4 Å². The maximum atomic E-state index is 3.59. The first kappa shape index (κ1) is 7.55. The fourth-order valence-electron chi connectivity index (χ4n) is 1.21. The van der Waals surface area contributed by atoms with E-state index in [9.17, 15) is 0 Å². The first-order valence-corrected chi connectivity index (χ1v) is 4.49. The Morgan fingerprint density at radius 2 is 2.11 bits per heavy atom. The van der Waals surface area contributed by atoms with Crippen LogP contribution in [0.1, 0.15) is 20.3 Å². The van der Waals surface area contributed by atoms with Gasteiger partial charge in [0.1, 0.15) is 0 Å². The highest BCUT2D eigenvalue weighted by molar-refractivity contribution is 9.09. The standard InChI is InChI=1S/C7H14BrN/c1-5-3-7(8)4-9-6(5)2/h5-7,9H,3-4H2,1-2H3. The minimum Gasteiger partial charge on any atom is -0.313 e. The summed E-state index contributed by atoms with van der Waals surface area (Å²) in [4.78, 5) is 0.698. The Morgan fingerprint density at radius 1 is 1.44 bits per heavy atom. The van der Waals surface area contributed by atoms with Crippen LogP contribution in [0.25, 0.3) is 0 Å². The van der Waals surface area contributed by atoms with Crippen LogP contribution < -0.4 is 5.32 Å². The molecule has 0 aromatic heterocycles. The summed E-state index contributed by atoms with van der Waals surface area (Å²) in [5, 5.41) is 3.43. The lowest BCUT2D eigenvalue weighted by Crippen LogP contribution is -2.42. The largest absolute Gasteiger partial charge is 0.313 e. The van der Waals surface area contributed by atoms with E-state index in [1.54, 1.807) is 0 Å². The van der Waals surface area contributed by atoms with Crippen molar-refractivity contribution in [3.63, 3.8) is 0 Å². The van der Waals surface area contributed by atoms with Gasteiger partial charge in [-0.15, -0.1) is 0 Å². The predicted octanol–water partition coefficient (Wildman–Crippen LogP) is 1.77. The monoisotopic (exact) mass is 191 g/mol. The fraction of sp³-hybridized carbons (Fsp3) is 1.00. The van der Waals surface area contributed by atoms with Gasteiger partial charge in [0.05, 0.1) is 0 Å². The molecule has 3 atom stereocenters. The van der Waals surface area contributed by atoms with Gasteiger partial charge in [-0.1, -0.05) is 22.9 Å². The number of halogens is 1. The van der Waals surface area contributed by atoms with Crippen molar-refractivity contribution in [3.05, 3.63) is 0 Å². The van der Waals surface area contributed by atoms with E-state index in [-0.39, 0.29) is 0 Å². The average molecular weight is 192 g/mol. The zero-order valence-electron chi connectivity index (χ0n) is 6.02. The summed E-state index contributed by atoms with van der Waals surface area (Å²) in [6.07, 6.45) is 1.31. The van der Waals surface area contributed by atoms with Crippen molar-refractivity contribution < 1.29 is 0 Å². The Bertz CT molecular complexity index is 94.9. The molecule has 1 nitrogen and oxygen atoms in total. The maximum Gasteiger partial charge on any atom is 0.0273 e. The zero-order valence-corrected chi connectivity index (χ0v) is 7.61. The van der Waals surface area contributed by atoms with E-state index in [1.807, 2.05) is 0 Å². The lowest BCUT2D eigenvalue weighted by molar-refractivity contribution is 0.328. The molecule has 3 unspecified atom stereocenters. The van der Waals surface area contributed by atoms with Gasteiger partial charge in [0.15, 0.2) is 0 Å². The molecule has 1 aliphatic heterocycles. The van der Waals surface area contributed by atoms with Crippen molar-refractivity contribution in [3.8, 4) is 0 Å². The lowest BCUT2D eigenvalue weighted by atomic mass is 9.94. The Morgan fingerprint density at radius 3 is 2.56 bits per heavy atom. The Kier molecular flexibility index (Phi) is 2.53. The molecule has 0 bridgehead atoms. The van der Waals surface area contributed by atoms with Gasteiger partial charge in [0.2, 0.25) is 0 Å². The van der Waals surface area contributed by atoms with Crippen LogP contribution in [-0.2, 0) is 0 Å². The normalized spacial score (nSPS) is 45.0. The molecule has 1 fully saturated rings. The number of alkyl halides is 1. The Balaban J connectivity index is 2.35. The SMILES string of the molecule is CC1CC(Br)CNC1C. The molecule has 0 spiro atoms. The molecule has 0 aromatic carbocycles. The van der Waals surface area contributed by atoms with Crippen LogP contribution in [0, 0.1) is 5.92 Å². The van der Waals surface area contributed by atoms with Gasteiger partial charge in [-0.3, -0.25) is 0 Å². The Hall–Kier alpha value is 0.440. The average Bonchev–Trinajstić information content (AvgIpc) is 1.80. The second-order valence-electron chi connectivity index (χ2n) is 3.01. The van der Waals surface area contributed by atoms with Gasteiger partial charge >= 0.3 is 0 Å². The maximum absolute atomic E-state index is 3.59. The summed E-state index contributed by atoms with van der Waals surface area (Å²) in [5.41, 5.74) is 0. The quantitative estimate of drug-likeness (QED) is 0.576. The van der Waals surface area contributed by atoms with E-state index in [1.165, 1.54) is 6.42 Å². The van der Waals surface area contributed by atoms with Crippen molar-refractivity contribution in [2.24, 2.45) is 5.92 Å². The van der Waals surface area contributed by atoms with Crippen LogP contribution in [0.15, 0.2) is 0 Å². The molecule has 0 amide bonds. The minimum absolute atomic E-state index is 0.698. The molecule has 1 saturated heterocycles. The summed E-state index contributed by atoms with van der Waals surface area (Å²) < 4.78 is 0. The molecular weight excluding hydrogens is 178 g/mol. The van der Waals surface area contributed by atoms with Crippen LogP contribution in [0.3, 0.4) is 0 Å². The number of rotatable bonds is 0. The first-order valence-electron chi connectivity index (χ1n) is 3.57. The van der Waals surface area contributed by atoms with E-state index in [4.69, 9.17) is 0 Å². The first-order chi connectivity index (χ1) is 4.20. The molecule has 9 heavy (non-hydrogen) atoms. The fourth-order valence-corrected chi connectivity index (χ4v) is 1.98. The molecular formula is C7H14BrN. The van der Waals surface area contributed by atoms with Gasteiger partial charge in [0, 0.05) is 17.4 Å². The highest BCUT2D eigenvalue weighted by atomic mass is 79.9. The molecule has 2 heteroatoms. The van der Waals surface area contributed by atoms with E-state index >= 15 is 0 Å². The predicted molar refractivity (Wildman–Crippen MR) is 44.0 cm³/mol. The molecule has 0 aromatic rings.